The van der Waals surface area contributed by atoms with E-state index in [2.05, 4.69) is 20.5 Å². The molecule has 0 fully saturated rings. The van der Waals surface area contributed by atoms with Crippen LogP contribution in [0.3, 0.4) is 0 Å². The molecule has 0 aliphatic heterocycles. The highest BCUT2D eigenvalue weighted by Gasteiger charge is 2.19. The molecular formula is C19H15N5O2. The Morgan fingerprint density at radius 3 is 2.50 bits per heavy atom. The number of hydrogen-bond donors (Lipinski definition) is 1. The molecule has 7 heteroatoms. The van der Waals surface area contributed by atoms with Gasteiger partial charge in [-0.1, -0.05) is 48.5 Å². The van der Waals surface area contributed by atoms with Gasteiger partial charge in [-0.25, -0.2) is 9.48 Å². The second-order valence-corrected chi connectivity index (χ2v) is 5.59. The number of carbonyl (C=O) groups excluding carboxylic acids is 1. The molecule has 4 aromatic rings. The zero-order valence-electron chi connectivity index (χ0n) is 13.7. The molecule has 0 aliphatic rings. The maximum Gasteiger partial charge on any atom is 0.361 e. The Labute approximate surface area is 149 Å². The molecule has 1 N–H and O–H groups in total. The third-order valence-corrected chi connectivity index (χ3v) is 3.82. The summed E-state index contributed by atoms with van der Waals surface area (Å²) >= 11 is 0. The topological polar surface area (TPSA) is 85.7 Å². The maximum atomic E-state index is 12.4. The highest BCUT2D eigenvalue weighted by atomic mass is 16.5. The predicted octanol–water partition coefficient (Wildman–Crippen LogP) is 3.01. The molecular weight excluding hydrogens is 330 g/mol. The summed E-state index contributed by atoms with van der Waals surface area (Å²) in [5, 5.41) is 14.7. The number of H-pyrrole nitrogens is 1. The Morgan fingerprint density at radius 2 is 1.73 bits per heavy atom. The van der Waals surface area contributed by atoms with Crippen molar-refractivity contribution in [2.24, 2.45) is 0 Å². The van der Waals surface area contributed by atoms with Gasteiger partial charge in [0.05, 0.1) is 11.9 Å². The zero-order valence-corrected chi connectivity index (χ0v) is 13.7. The minimum atomic E-state index is -0.537. The van der Waals surface area contributed by atoms with E-state index in [4.69, 9.17) is 4.74 Å². The number of aromatic amines is 1. The van der Waals surface area contributed by atoms with Crippen molar-refractivity contribution in [2.45, 2.75) is 6.61 Å². The van der Waals surface area contributed by atoms with Gasteiger partial charge < -0.3 is 4.74 Å². The molecule has 0 saturated carbocycles. The van der Waals surface area contributed by atoms with Gasteiger partial charge in [0.2, 0.25) is 0 Å². The SMILES string of the molecule is O=C(OCc1cnn(-c2ccccc2)c1)c1n[nH]nc1-c1ccccc1. The quantitative estimate of drug-likeness (QED) is 0.562. The van der Waals surface area contributed by atoms with E-state index in [-0.39, 0.29) is 12.3 Å². The van der Waals surface area contributed by atoms with Gasteiger partial charge in [-0.2, -0.15) is 15.4 Å². The van der Waals surface area contributed by atoms with Gasteiger partial charge in [0.25, 0.3) is 0 Å². The van der Waals surface area contributed by atoms with E-state index in [9.17, 15) is 4.79 Å². The minimum absolute atomic E-state index is 0.104. The van der Waals surface area contributed by atoms with Crippen molar-refractivity contribution in [3.8, 4) is 16.9 Å². The first-order valence-corrected chi connectivity index (χ1v) is 8.03. The van der Waals surface area contributed by atoms with Crippen LogP contribution < -0.4 is 0 Å². The molecule has 0 atom stereocenters. The Balaban J connectivity index is 1.46. The van der Waals surface area contributed by atoms with Gasteiger partial charge >= 0.3 is 5.97 Å². The normalized spacial score (nSPS) is 10.6. The Kier molecular flexibility index (Phi) is 4.26. The average molecular weight is 345 g/mol. The van der Waals surface area contributed by atoms with Gasteiger partial charge in [0.15, 0.2) is 5.69 Å². The van der Waals surface area contributed by atoms with Crippen molar-refractivity contribution in [1.82, 2.24) is 25.2 Å². The van der Waals surface area contributed by atoms with Crippen molar-refractivity contribution in [2.75, 3.05) is 0 Å². The van der Waals surface area contributed by atoms with Crippen LogP contribution in [0.2, 0.25) is 0 Å². The van der Waals surface area contributed by atoms with Crippen LogP contribution in [0.15, 0.2) is 73.1 Å². The van der Waals surface area contributed by atoms with E-state index in [0.717, 1.165) is 16.8 Å². The fourth-order valence-corrected chi connectivity index (χ4v) is 2.54. The molecule has 0 aliphatic carbocycles. The van der Waals surface area contributed by atoms with Gasteiger partial charge in [-0.05, 0) is 12.1 Å². The van der Waals surface area contributed by atoms with Crippen molar-refractivity contribution < 1.29 is 9.53 Å². The van der Waals surface area contributed by atoms with Gasteiger partial charge in [-0.15, -0.1) is 5.10 Å². The number of para-hydroxylation sites is 1. The molecule has 0 radical (unpaired) electrons. The summed E-state index contributed by atoms with van der Waals surface area (Å²) in [5.41, 5.74) is 3.15. The molecule has 2 aromatic carbocycles. The molecule has 0 amide bonds. The van der Waals surface area contributed by atoms with Crippen LogP contribution in [-0.2, 0) is 11.3 Å². The molecule has 0 bridgehead atoms. The molecule has 4 rings (SSSR count). The van der Waals surface area contributed by atoms with Crippen molar-refractivity contribution in [1.29, 1.82) is 0 Å². The summed E-state index contributed by atoms with van der Waals surface area (Å²) in [7, 11) is 0. The van der Waals surface area contributed by atoms with Crippen molar-refractivity contribution in [3.05, 3.63) is 84.3 Å². The van der Waals surface area contributed by atoms with E-state index < -0.39 is 5.97 Å². The van der Waals surface area contributed by atoms with Crippen molar-refractivity contribution >= 4 is 5.97 Å². The Bertz CT molecular complexity index is 1010. The number of esters is 1. The first-order chi connectivity index (χ1) is 12.8. The first kappa shape index (κ1) is 15.8. The van der Waals surface area contributed by atoms with Crippen LogP contribution in [0.5, 0.6) is 0 Å². The van der Waals surface area contributed by atoms with Crippen LogP contribution in [0.1, 0.15) is 16.1 Å². The molecule has 0 unspecified atom stereocenters. The summed E-state index contributed by atoms with van der Waals surface area (Å²) in [4.78, 5) is 12.4. The van der Waals surface area contributed by atoms with E-state index in [1.807, 2.05) is 66.9 Å². The Hall–Kier alpha value is -3.74. The molecule has 2 aromatic heterocycles. The highest BCUT2D eigenvalue weighted by Crippen LogP contribution is 2.20. The largest absolute Gasteiger partial charge is 0.456 e. The molecule has 0 spiro atoms. The first-order valence-electron chi connectivity index (χ1n) is 8.03. The van der Waals surface area contributed by atoms with Gasteiger partial charge in [0, 0.05) is 17.3 Å². The second kappa shape index (κ2) is 7.02. The lowest BCUT2D eigenvalue weighted by Gasteiger charge is -2.03. The lowest BCUT2D eigenvalue weighted by atomic mass is 10.1. The van der Waals surface area contributed by atoms with Crippen LogP contribution in [0.25, 0.3) is 16.9 Å². The summed E-state index contributed by atoms with van der Waals surface area (Å²) in [5.74, 6) is -0.537. The zero-order chi connectivity index (χ0) is 17.8. The summed E-state index contributed by atoms with van der Waals surface area (Å²) in [6.07, 6.45) is 3.49. The third-order valence-electron chi connectivity index (χ3n) is 3.82. The molecule has 128 valence electrons. The number of ether oxygens (including phenoxy) is 1. The lowest BCUT2D eigenvalue weighted by Crippen LogP contribution is -2.07. The highest BCUT2D eigenvalue weighted by molar-refractivity contribution is 5.93. The summed E-state index contributed by atoms with van der Waals surface area (Å²) in [6.45, 7) is 0.104. The monoisotopic (exact) mass is 345 g/mol. The van der Waals surface area contributed by atoms with E-state index >= 15 is 0 Å². The summed E-state index contributed by atoms with van der Waals surface area (Å²) < 4.78 is 7.10. The number of aromatic nitrogens is 5. The van der Waals surface area contributed by atoms with Crippen molar-refractivity contribution in [3.63, 3.8) is 0 Å². The molecule has 2 heterocycles. The number of nitrogens with one attached hydrogen (secondary N) is 1. The second-order valence-electron chi connectivity index (χ2n) is 5.59. The number of carbonyl (C=O) groups is 1. The standard InChI is InChI=1S/C19H15N5O2/c25-19(18-17(21-23-22-18)15-7-3-1-4-8-15)26-13-14-11-20-24(12-14)16-9-5-2-6-10-16/h1-12H,13H2,(H,21,22,23). The van der Waals surface area contributed by atoms with Gasteiger partial charge in [0.1, 0.15) is 12.3 Å². The number of benzene rings is 2. The average Bonchev–Trinajstić information content (AvgIpc) is 3.37. The van der Waals surface area contributed by atoms with E-state index in [1.54, 1.807) is 10.9 Å². The van der Waals surface area contributed by atoms with Crippen LogP contribution in [0, 0.1) is 0 Å². The molecule has 26 heavy (non-hydrogen) atoms. The third kappa shape index (κ3) is 3.23. The number of rotatable bonds is 5. The minimum Gasteiger partial charge on any atom is -0.456 e. The van der Waals surface area contributed by atoms with Crippen LogP contribution >= 0.6 is 0 Å². The smallest absolute Gasteiger partial charge is 0.361 e. The predicted molar refractivity (Wildman–Crippen MR) is 94.5 cm³/mol. The number of nitrogens with zero attached hydrogens (tertiary/aromatic N) is 4. The Morgan fingerprint density at radius 1 is 1.00 bits per heavy atom. The lowest BCUT2D eigenvalue weighted by molar-refractivity contribution is 0.0466. The summed E-state index contributed by atoms with van der Waals surface area (Å²) in [6, 6.07) is 19.1. The van der Waals surface area contributed by atoms with Crippen LogP contribution in [0.4, 0.5) is 0 Å². The fourth-order valence-electron chi connectivity index (χ4n) is 2.54. The molecule has 7 nitrogen and oxygen atoms in total. The van der Waals surface area contributed by atoms with Crippen LogP contribution in [-0.4, -0.2) is 31.2 Å². The maximum absolute atomic E-state index is 12.4. The fraction of sp³-hybridized carbons (Fsp3) is 0.0526. The van der Waals surface area contributed by atoms with E-state index in [1.165, 1.54) is 0 Å². The number of hydrogen-bond acceptors (Lipinski definition) is 5. The van der Waals surface area contributed by atoms with E-state index in [0.29, 0.717) is 5.69 Å². The molecule has 0 saturated heterocycles. The van der Waals surface area contributed by atoms with Gasteiger partial charge in [-0.3, -0.25) is 0 Å².